The van der Waals surface area contributed by atoms with Gasteiger partial charge in [-0.25, -0.2) is 4.79 Å². The minimum Gasteiger partial charge on any atom is -0.481 e. The van der Waals surface area contributed by atoms with Crippen molar-refractivity contribution < 1.29 is 14.7 Å². The van der Waals surface area contributed by atoms with E-state index < -0.39 is 17.9 Å². The van der Waals surface area contributed by atoms with Gasteiger partial charge in [-0.1, -0.05) is 13.3 Å². The molecule has 1 heterocycles. The number of nitrogens with one attached hydrogen (secondary N) is 2. The average Bonchev–Trinajstić information content (AvgIpc) is 2.37. The summed E-state index contributed by atoms with van der Waals surface area (Å²) < 4.78 is 0. The van der Waals surface area contributed by atoms with Gasteiger partial charge in [-0.2, -0.15) is 0 Å². The van der Waals surface area contributed by atoms with E-state index in [0.717, 1.165) is 12.0 Å². The van der Waals surface area contributed by atoms with Crippen molar-refractivity contribution in [2.45, 2.75) is 26.7 Å². The molecule has 1 unspecified atom stereocenters. The van der Waals surface area contributed by atoms with E-state index in [1.807, 2.05) is 13.8 Å². The monoisotopic (exact) mass is 265 g/mol. The number of rotatable bonds is 6. The van der Waals surface area contributed by atoms with Gasteiger partial charge >= 0.3 is 12.0 Å². The summed E-state index contributed by atoms with van der Waals surface area (Å²) in [6.07, 6.45) is 4.50. The summed E-state index contributed by atoms with van der Waals surface area (Å²) >= 11 is 0. The molecule has 3 N–H and O–H groups in total. The molecule has 1 rings (SSSR count). The van der Waals surface area contributed by atoms with Crippen molar-refractivity contribution in [1.82, 2.24) is 10.3 Å². The van der Waals surface area contributed by atoms with Crippen LogP contribution in [0.5, 0.6) is 0 Å². The molecule has 0 aliphatic rings. The standard InChI is InChI=1S/C13H19N3O3/c1-3-4-10(12(17)18)7-15-13(19)16-11-8-14-6-5-9(11)2/h5-6,8,10H,3-4,7H2,1-2H3,(H,17,18)(H2,15,16,19). The second kappa shape index (κ2) is 7.35. The number of anilines is 1. The van der Waals surface area contributed by atoms with Crippen molar-refractivity contribution in [2.75, 3.05) is 11.9 Å². The van der Waals surface area contributed by atoms with Crippen molar-refractivity contribution in [1.29, 1.82) is 0 Å². The maximum absolute atomic E-state index is 11.7. The first-order valence-corrected chi connectivity index (χ1v) is 6.22. The number of aromatic nitrogens is 1. The van der Waals surface area contributed by atoms with E-state index >= 15 is 0 Å². The number of urea groups is 1. The number of amides is 2. The summed E-state index contributed by atoms with van der Waals surface area (Å²) in [6.45, 7) is 3.89. The molecule has 0 aliphatic heterocycles. The van der Waals surface area contributed by atoms with Crippen molar-refractivity contribution in [3.05, 3.63) is 24.0 Å². The fourth-order valence-electron chi connectivity index (χ4n) is 1.64. The molecular weight excluding hydrogens is 246 g/mol. The van der Waals surface area contributed by atoms with Crippen molar-refractivity contribution in [3.63, 3.8) is 0 Å². The first-order chi connectivity index (χ1) is 9.04. The predicted octanol–water partition coefficient (Wildman–Crippen LogP) is 2.01. The lowest BCUT2D eigenvalue weighted by molar-refractivity contribution is -0.141. The molecule has 6 heteroatoms. The van der Waals surface area contributed by atoms with Crippen LogP contribution in [0.2, 0.25) is 0 Å². The number of carbonyl (C=O) groups is 2. The Hall–Kier alpha value is -2.11. The predicted molar refractivity (Wildman–Crippen MR) is 72.0 cm³/mol. The second-order valence-electron chi connectivity index (χ2n) is 4.35. The highest BCUT2D eigenvalue weighted by Crippen LogP contribution is 2.11. The molecule has 0 fully saturated rings. The summed E-state index contributed by atoms with van der Waals surface area (Å²) in [7, 11) is 0. The highest BCUT2D eigenvalue weighted by molar-refractivity contribution is 5.90. The van der Waals surface area contributed by atoms with Gasteiger partial charge in [-0.15, -0.1) is 0 Å². The van der Waals surface area contributed by atoms with Crippen LogP contribution in [0.1, 0.15) is 25.3 Å². The summed E-state index contributed by atoms with van der Waals surface area (Å²) in [5.41, 5.74) is 1.51. The molecule has 2 amide bonds. The van der Waals surface area contributed by atoms with E-state index in [1.165, 1.54) is 0 Å². The number of aliphatic carboxylic acids is 1. The first-order valence-electron chi connectivity index (χ1n) is 6.22. The number of hydrogen-bond acceptors (Lipinski definition) is 3. The number of nitrogens with zero attached hydrogens (tertiary/aromatic N) is 1. The summed E-state index contributed by atoms with van der Waals surface area (Å²) in [4.78, 5) is 26.5. The lowest BCUT2D eigenvalue weighted by atomic mass is 10.0. The topological polar surface area (TPSA) is 91.3 Å². The lowest BCUT2D eigenvalue weighted by Crippen LogP contribution is -2.35. The van der Waals surface area contributed by atoms with Crippen molar-refractivity contribution >= 4 is 17.7 Å². The summed E-state index contributed by atoms with van der Waals surface area (Å²) in [6, 6.07) is 1.37. The highest BCUT2D eigenvalue weighted by Gasteiger charge is 2.17. The minimum absolute atomic E-state index is 0.119. The third-order valence-corrected chi connectivity index (χ3v) is 2.78. The largest absolute Gasteiger partial charge is 0.481 e. The fourth-order valence-corrected chi connectivity index (χ4v) is 1.64. The Morgan fingerprint density at radius 1 is 1.47 bits per heavy atom. The molecule has 0 saturated heterocycles. The van der Waals surface area contributed by atoms with Gasteiger partial charge in [0.25, 0.3) is 0 Å². The molecule has 0 radical (unpaired) electrons. The van der Waals surface area contributed by atoms with Crippen LogP contribution < -0.4 is 10.6 Å². The molecule has 0 saturated carbocycles. The fraction of sp³-hybridized carbons (Fsp3) is 0.462. The molecule has 6 nitrogen and oxygen atoms in total. The second-order valence-corrected chi connectivity index (χ2v) is 4.35. The molecule has 104 valence electrons. The molecule has 1 aromatic rings. The Bertz CT molecular complexity index is 449. The first kappa shape index (κ1) is 14.9. The molecule has 0 aliphatic carbocycles. The average molecular weight is 265 g/mol. The normalized spacial score (nSPS) is 11.7. The van der Waals surface area contributed by atoms with E-state index in [9.17, 15) is 9.59 Å². The van der Waals surface area contributed by atoms with Crippen LogP contribution in [0.25, 0.3) is 0 Å². The van der Waals surface area contributed by atoms with Crippen LogP contribution in [-0.2, 0) is 4.79 Å². The molecule has 0 aromatic carbocycles. The van der Waals surface area contributed by atoms with Gasteiger partial charge in [0.1, 0.15) is 0 Å². The SMILES string of the molecule is CCCC(CNC(=O)Nc1cnccc1C)C(=O)O. The molecule has 1 aromatic heterocycles. The Morgan fingerprint density at radius 3 is 2.79 bits per heavy atom. The number of carboxylic acid groups (broad SMARTS) is 1. The highest BCUT2D eigenvalue weighted by atomic mass is 16.4. The number of aryl methyl sites for hydroxylation is 1. The van der Waals surface area contributed by atoms with Crippen LogP contribution in [0.3, 0.4) is 0 Å². The van der Waals surface area contributed by atoms with Crippen LogP contribution in [0, 0.1) is 12.8 Å². The van der Waals surface area contributed by atoms with Gasteiger partial charge in [-0.05, 0) is 25.0 Å². The third kappa shape index (κ3) is 4.95. The maximum Gasteiger partial charge on any atom is 0.319 e. The summed E-state index contributed by atoms with van der Waals surface area (Å²) in [5.74, 6) is -1.44. The van der Waals surface area contributed by atoms with Crippen LogP contribution in [0.15, 0.2) is 18.5 Å². The molecule has 0 spiro atoms. The Labute approximate surface area is 112 Å². The van der Waals surface area contributed by atoms with Crippen LogP contribution in [-0.4, -0.2) is 28.6 Å². The molecule has 19 heavy (non-hydrogen) atoms. The summed E-state index contributed by atoms with van der Waals surface area (Å²) in [5, 5.41) is 14.2. The number of carboxylic acids is 1. The number of carbonyl (C=O) groups excluding carboxylic acids is 1. The van der Waals surface area contributed by atoms with Crippen molar-refractivity contribution in [3.8, 4) is 0 Å². The smallest absolute Gasteiger partial charge is 0.319 e. The zero-order valence-corrected chi connectivity index (χ0v) is 11.1. The zero-order chi connectivity index (χ0) is 14.3. The van der Waals surface area contributed by atoms with Gasteiger partial charge in [0.2, 0.25) is 0 Å². The third-order valence-electron chi connectivity index (χ3n) is 2.78. The van der Waals surface area contributed by atoms with Gasteiger partial charge in [0, 0.05) is 12.7 Å². The lowest BCUT2D eigenvalue weighted by Gasteiger charge is -2.13. The zero-order valence-electron chi connectivity index (χ0n) is 11.1. The van der Waals surface area contributed by atoms with Crippen LogP contribution >= 0.6 is 0 Å². The maximum atomic E-state index is 11.7. The van der Waals surface area contributed by atoms with Crippen LogP contribution in [0.4, 0.5) is 10.5 Å². The van der Waals surface area contributed by atoms with Gasteiger partial charge < -0.3 is 15.7 Å². The van der Waals surface area contributed by atoms with E-state index in [-0.39, 0.29) is 6.54 Å². The molecule has 0 bridgehead atoms. The Balaban J connectivity index is 2.47. The van der Waals surface area contributed by atoms with Gasteiger partial charge in [0.05, 0.1) is 17.8 Å². The van der Waals surface area contributed by atoms with E-state index in [4.69, 9.17) is 5.11 Å². The van der Waals surface area contributed by atoms with Crippen molar-refractivity contribution in [2.24, 2.45) is 5.92 Å². The van der Waals surface area contributed by atoms with E-state index in [1.54, 1.807) is 18.5 Å². The van der Waals surface area contributed by atoms with E-state index in [2.05, 4.69) is 15.6 Å². The number of pyridine rings is 1. The number of hydrogen-bond donors (Lipinski definition) is 3. The minimum atomic E-state index is -0.889. The quantitative estimate of drug-likeness (QED) is 0.733. The van der Waals surface area contributed by atoms with Gasteiger partial charge in [0.15, 0.2) is 0 Å². The Morgan fingerprint density at radius 2 is 2.21 bits per heavy atom. The van der Waals surface area contributed by atoms with Gasteiger partial charge in [-0.3, -0.25) is 9.78 Å². The molecule has 1 atom stereocenters. The van der Waals surface area contributed by atoms with E-state index in [0.29, 0.717) is 12.1 Å². The molecular formula is C13H19N3O3. The Kier molecular flexibility index (Phi) is 5.78.